The van der Waals surface area contributed by atoms with E-state index < -0.39 is 23.6 Å². The zero-order chi connectivity index (χ0) is 18.2. The summed E-state index contributed by atoms with van der Waals surface area (Å²) < 4.78 is 18.7. The van der Waals surface area contributed by atoms with Crippen LogP contribution < -0.4 is 10.1 Å². The maximum Gasteiger partial charge on any atom is 0.308 e. The number of benzene rings is 2. The molecule has 1 atom stereocenters. The molecule has 6 heteroatoms. The predicted octanol–water partition coefficient (Wildman–Crippen LogP) is 2.57. The fraction of sp³-hybridized carbons (Fsp3) is 0.263. The largest absolute Gasteiger partial charge is 0.481 e. The third kappa shape index (κ3) is 5.91. The molecular weight excluding hydrogens is 325 g/mol. The second-order valence-corrected chi connectivity index (χ2v) is 5.75. The van der Waals surface area contributed by atoms with E-state index in [1.54, 1.807) is 13.0 Å². The lowest BCUT2D eigenvalue weighted by Crippen LogP contribution is -2.36. The van der Waals surface area contributed by atoms with Gasteiger partial charge in [-0.05, 0) is 36.6 Å². The number of carbonyl (C=O) groups excluding carboxylic acids is 1. The quantitative estimate of drug-likeness (QED) is 0.771. The van der Waals surface area contributed by atoms with Crippen molar-refractivity contribution in [3.63, 3.8) is 0 Å². The number of hydrogen-bond acceptors (Lipinski definition) is 3. The number of carbonyl (C=O) groups is 2. The third-order valence-corrected chi connectivity index (χ3v) is 3.67. The molecule has 2 N–H and O–H groups in total. The number of aliphatic carboxylic acids is 1. The first-order valence-electron chi connectivity index (χ1n) is 7.88. The Morgan fingerprint density at radius 1 is 1.20 bits per heavy atom. The van der Waals surface area contributed by atoms with Crippen LogP contribution in [-0.2, 0) is 16.0 Å². The molecule has 0 bridgehead atoms. The van der Waals surface area contributed by atoms with Crippen LogP contribution in [0.4, 0.5) is 4.39 Å². The molecule has 1 unspecified atom stereocenters. The van der Waals surface area contributed by atoms with E-state index in [0.717, 1.165) is 11.1 Å². The summed E-state index contributed by atoms with van der Waals surface area (Å²) in [5.74, 6) is -2.79. The Balaban J connectivity index is 1.84. The monoisotopic (exact) mass is 345 g/mol. The molecule has 0 saturated carbocycles. The Morgan fingerprint density at radius 2 is 1.92 bits per heavy atom. The van der Waals surface area contributed by atoms with Crippen LogP contribution in [0.2, 0.25) is 0 Å². The fourth-order valence-electron chi connectivity index (χ4n) is 2.30. The molecule has 0 aliphatic heterocycles. The highest BCUT2D eigenvalue weighted by Crippen LogP contribution is 2.18. The van der Waals surface area contributed by atoms with Crippen LogP contribution in [0.1, 0.15) is 11.1 Å². The molecule has 0 spiro atoms. The van der Waals surface area contributed by atoms with E-state index >= 15 is 0 Å². The summed E-state index contributed by atoms with van der Waals surface area (Å²) in [5, 5.41) is 11.8. The summed E-state index contributed by atoms with van der Waals surface area (Å²) in [7, 11) is 0. The summed E-state index contributed by atoms with van der Waals surface area (Å²) >= 11 is 0. The number of ether oxygens (including phenoxy) is 1. The Morgan fingerprint density at radius 3 is 2.60 bits per heavy atom. The Kier molecular flexibility index (Phi) is 6.51. The van der Waals surface area contributed by atoms with Crippen molar-refractivity contribution in [2.24, 2.45) is 5.92 Å². The minimum atomic E-state index is -0.991. The van der Waals surface area contributed by atoms with Crippen molar-refractivity contribution in [1.29, 1.82) is 0 Å². The van der Waals surface area contributed by atoms with Gasteiger partial charge in [-0.15, -0.1) is 0 Å². The first-order chi connectivity index (χ1) is 12.0. The molecule has 2 aromatic rings. The highest BCUT2D eigenvalue weighted by atomic mass is 19.1. The van der Waals surface area contributed by atoms with E-state index in [1.165, 1.54) is 12.1 Å². The average molecular weight is 345 g/mol. The molecule has 0 fully saturated rings. The van der Waals surface area contributed by atoms with E-state index in [0.29, 0.717) is 6.42 Å². The smallest absolute Gasteiger partial charge is 0.308 e. The summed E-state index contributed by atoms with van der Waals surface area (Å²) in [4.78, 5) is 23.2. The van der Waals surface area contributed by atoms with E-state index in [-0.39, 0.29) is 18.9 Å². The topological polar surface area (TPSA) is 75.6 Å². The number of amides is 1. The van der Waals surface area contributed by atoms with Crippen LogP contribution in [0, 0.1) is 18.7 Å². The minimum Gasteiger partial charge on any atom is -0.481 e. The third-order valence-electron chi connectivity index (χ3n) is 3.67. The lowest BCUT2D eigenvalue weighted by molar-refractivity contribution is -0.141. The molecule has 25 heavy (non-hydrogen) atoms. The number of rotatable bonds is 8. The number of aryl methyl sites for hydroxylation is 1. The van der Waals surface area contributed by atoms with Crippen LogP contribution in [-0.4, -0.2) is 30.1 Å². The normalized spacial score (nSPS) is 11.6. The maximum atomic E-state index is 13.5. The van der Waals surface area contributed by atoms with Gasteiger partial charge in [0.05, 0.1) is 5.92 Å². The lowest BCUT2D eigenvalue weighted by Gasteiger charge is -2.14. The zero-order valence-electron chi connectivity index (χ0n) is 13.9. The van der Waals surface area contributed by atoms with Gasteiger partial charge in [-0.3, -0.25) is 9.59 Å². The Bertz CT molecular complexity index is 733. The van der Waals surface area contributed by atoms with Gasteiger partial charge >= 0.3 is 5.97 Å². The molecular formula is C19H20FNO4. The highest BCUT2D eigenvalue weighted by Gasteiger charge is 2.19. The molecule has 0 saturated heterocycles. The first kappa shape index (κ1) is 18.4. The van der Waals surface area contributed by atoms with Crippen molar-refractivity contribution < 1.29 is 23.8 Å². The van der Waals surface area contributed by atoms with Gasteiger partial charge in [0.1, 0.15) is 0 Å². The minimum absolute atomic E-state index is 0.00535. The summed E-state index contributed by atoms with van der Waals surface area (Å²) in [5.41, 5.74) is 1.69. The van der Waals surface area contributed by atoms with Crippen LogP contribution in [0.15, 0.2) is 48.5 Å². The van der Waals surface area contributed by atoms with Gasteiger partial charge in [-0.25, -0.2) is 4.39 Å². The van der Waals surface area contributed by atoms with E-state index in [4.69, 9.17) is 4.74 Å². The van der Waals surface area contributed by atoms with Crippen molar-refractivity contribution in [1.82, 2.24) is 5.32 Å². The highest BCUT2D eigenvalue weighted by molar-refractivity contribution is 5.78. The summed E-state index contributed by atoms with van der Waals surface area (Å²) in [6.07, 6.45) is 0.309. The molecule has 1 amide bonds. The standard InChI is InChI=1S/C19H20FNO4/c1-13-7-8-16(20)17(9-13)25-12-18(22)21-11-15(19(23)24)10-14-5-3-2-4-6-14/h2-9,15H,10-12H2,1H3,(H,21,22)(H,23,24). The molecule has 0 heterocycles. The van der Waals surface area contributed by atoms with Crippen LogP contribution in [0.25, 0.3) is 0 Å². The van der Waals surface area contributed by atoms with E-state index in [1.807, 2.05) is 30.3 Å². The molecule has 0 radical (unpaired) electrons. The van der Waals surface area contributed by atoms with Gasteiger partial charge in [-0.2, -0.15) is 0 Å². The number of carboxylic acid groups (broad SMARTS) is 1. The van der Waals surface area contributed by atoms with Crippen LogP contribution in [0.3, 0.4) is 0 Å². The van der Waals surface area contributed by atoms with Crippen LogP contribution >= 0.6 is 0 Å². The van der Waals surface area contributed by atoms with Crippen molar-refractivity contribution in [2.45, 2.75) is 13.3 Å². The Labute approximate surface area is 145 Å². The number of halogens is 1. The molecule has 132 valence electrons. The number of hydrogen-bond donors (Lipinski definition) is 2. The number of nitrogens with one attached hydrogen (secondary N) is 1. The zero-order valence-corrected chi connectivity index (χ0v) is 13.9. The van der Waals surface area contributed by atoms with Crippen molar-refractivity contribution in [2.75, 3.05) is 13.2 Å². The molecule has 0 aromatic heterocycles. The van der Waals surface area contributed by atoms with Gasteiger partial charge in [0.2, 0.25) is 0 Å². The van der Waals surface area contributed by atoms with E-state index in [9.17, 15) is 19.1 Å². The van der Waals surface area contributed by atoms with Gasteiger partial charge in [0.15, 0.2) is 18.2 Å². The van der Waals surface area contributed by atoms with Crippen molar-refractivity contribution >= 4 is 11.9 Å². The predicted molar refractivity (Wildman–Crippen MR) is 90.9 cm³/mol. The lowest BCUT2D eigenvalue weighted by atomic mass is 9.99. The second-order valence-electron chi connectivity index (χ2n) is 5.75. The molecule has 0 aliphatic carbocycles. The van der Waals surface area contributed by atoms with Crippen molar-refractivity contribution in [3.05, 3.63) is 65.5 Å². The van der Waals surface area contributed by atoms with Gasteiger partial charge in [0.25, 0.3) is 5.91 Å². The summed E-state index contributed by atoms with van der Waals surface area (Å²) in [6.45, 7) is 1.38. The molecule has 0 aliphatic rings. The summed E-state index contributed by atoms with van der Waals surface area (Å²) in [6, 6.07) is 13.5. The SMILES string of the molecule is Cc1ccc(F)c(OCC(=O)NCC(Cc2ccccc2)C(=O)O)c1. The molecule has 5 nitrogen and oxygen atoms in total. The van der Waals surface area contributed by atoms with Gasteiger partial charge < -0.3 is 15.2 Å². The Hall–Kier alpha value is -2.89. The maximum absolute atomic E-state index is 13.5. The average Bonchev–Trinajstić information content (AvgIpc) is 2.60. The van der Waals surface area contributed by atoms with Crippen LogP contribution in [0.5, 0.6) is 5.75 Å². The molecule has 2 rings (SSSR count). The first-order valence-corrected chi connectivity index (χ1v) is 7.88. The molecule has 2 aromatic carbocycles. The van der Waals surface area contributed by atoms with E-state index in [2.05, 4.69) is 5.32 Å². The second kappa shape index (κ2) is 8.82. The van der Waals surface area contributed by atoms with Crippen molar-refractivity contribution in [3.8, 4) is 5.75 Å². The fourth-order valence-corrected chi connectivity index (χ4v) is 2.30. The number of carboxylic acids is 1. The van der Waals surface area contributed by atoms with Gasteiger partial charge in [0, 0.05) is 6.54 Å². The van der Waals surface area contributed by atoms with Gasteiger partial charge in [-0.1, -0.05) is 36.4 Å².